The van der Waals surface area contributed by atoms with Gasteiger partial charge in [-0.2, -0.15) is 0 Å². The number of allylic oxidation sites excluding steroid dienone is 1. The van der Waals surface area contributed by atoms with Crippen LogP contribution in [0.4, 0.5) is 0 Å². The van der Waals surface area contributed by atoms with Gasteiger partial charge < -0.3 is 19.9 Å². The fourth-order valence-corrected chi connectivity index (χ4v) is 3.17. The molecule has 1 atom stereocenters. The standard InChI is InChI=1S/C22H24N2O4.ClH/c1-13(2)28-16-7-5-6-14(8-16)22(25)21-18-10-20(27-4)19(26-3)9-17(18)15(11-23)12-24-21;/h5-13,21H,23H2,1-4H3;1H. The molecule has 0 fully saturated rings. The summed E-state index contributed by atoms with van der Waals surface area (Å²) in [6, 6.07) is 10.0. The minimum atomic E-state index is -0.701. The van der Waals surface area contributed by atoms with Gasteiger partial charge in [0.1, 0.15) is 11.8 Å². The largest absolute Gasteiger partial charge is 0.493 e. The highest BCUT2D eigenvalue weighted by atomic mass is 35.5. The number of ketones is 1. The lowest BCUT2D eigenvalue weighted by Gasteiger charge is -2.23. The zero-order valence-electron chi connectivity index (χ0n) is 16.8. The number of halogens is 1. The minimum absolute atomic E-state index is 0. The van der Waals surface area contributed by atoms with Gasteiger partial charge in [-0.3, -0.25) is 9.79 Å². The zero-order valence-corrected chi connectivity index (χ0v) is 17.7. The molecule has 0 spiro atoms. The lowest BCUT2D eigenvalue weighted by Crippen LogP contribution is -2.17. The van der Waals surface area contributed by atoms with Gasteiger partial charge in [-0.05, 0) is 49.2 Å². The van der Waals surface area contributed by atoms with Crippen LogP contribution in [0.3, 0.4) is 0 Å². The SMILES string of the molecule is COc1cc2c(cc1OC)C(C(=O)c1cccc(OC(C)C)c1)N=CC2=CN.Cl. The van der Waals surface area contributed by atoms with E-state index in [1.807, 2.05) is 26.0 Å². The molecule has 0 aliphatic carbocycles. The van der Waals surface area contributed by atoms with Gasteiger partial charge in [0.15, 0.2) is 17.3 Å². The predicted molar refractivity (Wildman–Crippen MR) is 117 cm³/mol. The Morgan fingerprint density at radius 3 is 2.45 bits per heavy atom. The third kappa shape index (κ3) is 4.54. The Morgan fingerprint density at radius 1 is 1.14 bits per heavy atom. The van der Waals surface area contributed by atoms with Crippen LogP contribution in [0, 0.1) is 0 Å². The van der Waals surface area contributed by atoms with Gasteiger partial charge in [-0.25, -0.2) is 0 Å². The smallest absolute Gasteiger partial charge is 0.191 e. The summed E-state index contributed by atoms with van der Waals surface area (Å²) >= 11 is 0. The molecular formula is C22H25ClN2O4. The average molecular weight is 417 g/mol. The van der Waals surface area contributed by atoms with E-state index in [4.69, 9.17) is 19.9 Å². The molecule has 2 aromatic rings. The highest BCUT2D eigenvalue weighted by Crippen LogP contribution is 2.40. The summed E-state index contributed by atoms with van der Waals surface area (Å²) in [5, 5.41) is 0. The first-order chi connectivity index (χ1) is 13.5. The first-order valence-electron chi connectivity index (χ1n) is 9.00. The van der Waals surface area contributed by atoms with E-state index < -0.39 is 6.04 Å². The summed E-state index contributed by atoms with van der Waals surface area (Å²) in [4.78, 5) is 17.7. The molecule has 0 amide bonds. The molecule has 0 radical (unpaired) electrons. The van der Waals surface area contributed by atoms with Gasteiger partial charge in [0.25, 0.3) is 0 Å². The first kappa shape index (κ1) is 22.3. The Hall–Kier alpha value is -2.99. The molecule has 0 saturated heterocycles. The van der Waals surface area contributed by atoms with Crippen molar-refractivity contribution >= 4 is 30.0 Å². The number of nitrogens with two attached hydrogens (primary N) is 1. The zero-order chi connectivity index (χ0) is 20.3. The van der Waals surface area contributed by atoms with Crippen molar-refractivity contribution in [3.63, 3.8) is 0 Å². The number of fused-ring (bicyclic) bond motifs is 1. The van der Waals surface area contributed by atoms with E-state index >= 15 is 0 Å². The number of rotatable bonds is 6. The maximum absolute atomic E-state index is 13.3. The van der Waals surface area contributed by atoms with Crippen molar-refractivity contribution in [3.8, 4) is 17.2 Å². The molecular weight excluding hydrogens is 392 g/mol. The van der Waals surface area contributed by atoms with Crippen molar-refractivity contribution < 1.29 is 19.0 Å². The van der Waals surface area contributed by atoms with Gasteiger partial charge in [0.2, 0.25) is 0 Å². The van der Waals surface area contributed by atoms with Crippen molar-refractivity contribution in [2.45, 2.75) is 26.0 Å². The quantitative estimate of drug-likeness (QED) is 0.713. The number of nitrogens with zero attached hydrogens (tertiary/aromatic N) is 1. The van der Waals surface area contributed by atoms with E-state index in [1.165, 1.54) is 6.20 Å². The molecule has 6 nitrogen and oxygen atoms in total. The number of Topliss-reactive ketones (excluding diaryl/α,β-unsaturated/α-hetero) is 1. The van der Waals surface area contributed by atoms with Crippen LogP contribution >= 0.6 is 12.4 Å². The number of carbonyl (C=O) groups is 1. The average Bonchev–Trinajstić information content (AvgIpc) is 2.71. The van der Waals surface area contributed by atoms with Crippen LogP contribution in [-0.2, 0) is 0 Å². The number of carbonyl (C=O) groups excluding carboxylic acids is 1. The lowest BCUT2D eigenvalue weighted by molar-refractivity contribution is 0.0961. The van der Waals surface area contributed by atoms with Crippen molar-refractivity contribution in [3.05, 3.63) is 59.3 Å². The topological polar surface area (TPSA) is 83.1 Å². The maximum Gasteiger partial charge on any atom is 0.191 e. The van der Waals surface area contributed by atoms with Crippen molar-refractivity contribution in [1.82, 2.24) is 0 Å². The fraction of sp³-hybridized carbons (Fsp3) is 0.273. The predicted octanol–water partition coefficient (Wildman–Crippen LogP) is 4.22. The van der Waals surface area contributed by atoms with E-state index in [9.17, 15) is 4.79 Å². The molecule has 154 valence electrons. The molecule has 0 bridgehead atoms. The van der Waals surface area contributed by atoms with E-state index in [1.54, 1.807) is 44.7 Å². The fourth-order valence-electron chi connectivity index (χ4n) is 3.17. The summed E-state index contributed by atoms with van der Waals surface area (Å²) < 4.78 is 16.5. The van der Waals surface area contributed by atoms with Crippen LogP contribution in [0.25, 0.3) is 5.57 Å². The molecule has 1 aliphatic heterocycles. The number of ether oxygens (including phenoxy) is 3. The molecule has 2 N–H and O–H groups in total. The van der Waals surface area contributed by atoms with E-state index in [2.05, 4.69) is 4.99 Å². The number of hydrogen-bond acceptors (Lipinski definition) is 6. The molecule has 0 aromatic heterocycles. The Balaban J connectivity index is 0.00000300. The highest BCUT2D eigenvalue weighted by Gasteiger charge is 2.29. The van der Waals surface area contributed by atoms with Gasteiger partial charge >= 0.3 is 0 Å². The van der Waals surface area contributed by atoms with Crippen molar-refractivity contribution in [2.75, 3.05) is 14.2 Å². The molecule has 1 heterocycles. The molecule has 7 heteroatoms. The monoisotopic (exact) mass is 416 g/mol. The van der Waals surface area contributed by atoms with E-state index in [0.717, 1.165) is 16.7 Å². The van der Waals surface area contributed by atoms with Crippen LogP contribution in [0.2, 0.25) is 0 Å². The molecule has 29 heavy (non-hydrogen) atoms. The van der Waals surface area contributed by atoms with Gasteiger partial charge in [0.05, 0.1) is 20.3 Å². The summed E-state index contributed by atoms with van der Waals surface area (Å²) in [6.07, 6.45) is 3.10. The molecule has 1 unspecified atom stereocenters. The number of benzene rings is 2. The maximum atomic E-state index is 13.3. The van der Waals surface area contributed by atoms with Crippen LogP contribution in [0.5, 0.6) is 17.2 Å². The summed E-state index contributed by atoms with van der Waals surface area (Å²) in [7, 11) is 3.12. The van der Waals surface area contributed by atoms with Crippen molar-refractivity contribution in [2.24, 2.45) is 10.7 Å². The third-order valence-electron chi connectivity index (χ3n) is 4.44. The normalized spacial score (nSPS) is 16.2. The second-order valence-electron chi connectivity index (χ2n) is 6.66. The van der Waals surface area contributed by atoms with Crippen LogP contribution in [0.15, 0.2) is 47.6 Å². The van der Waals surface area contributed by atoms with Gasteiger partial charge in [-0.1, -0.05) is 12.1 Å². The Morgan fingerprint density at radius 2 is 1.83 bits per heavy atom. The number of methoxy groups -OCH3 is 2. The van der Waals surface area contributed by atoms with E-state index in [-0.39, 0.29) is 24.3 Å². The van der Waals surface area contributed by atoms with E-state index in [0.29, 0.717) is 22.8 Å². The Kier molecular flexibility index (Phi) is 7.29. The van der Waals surface area contributed by atoms with Crippen LogP contribution < -0.4 is 19.9 Å². The van der Waals surface area contributed by atoms with Gasteiger partial charge in [0, 0.05) is 23.6 Å². The summed E-state index contributed by atoms with van der Waals surface area (Å²) in [5.74, 6) is 1.62. The van der Waals surface area contributed by atoms with Crippen LogP contribution in [-0.4, -0.2) is 32.3 Å². The number of aliphatic imine (C=N–C) groups is 1. The summed E-state index contributed by atoms with van der Waals surface area (Å²) in [5.41, 5.74) is 8.51. The van der Waals surface area contributed by atoms with Crippen molar-refractivity contribution in [1.29, 1.82) is 0 Å². The first-order valence-corrected chi connectivity index (χ1v) is 9.00. The molecule has 3 rings (SSSR count). The molecule has 0 saturated carbocycles. The third-order valence-corrected chi connectivity index (χ3v) is 4.44. The Bertz CT molecular complexity index is 954. The van der Waals surface area contributed by atoms with Crippen LogP contribution in [0.1, 0.15) is 41.4 Å². The Labute approximate surface area is 176 Å². The second-order valence-corrected chi connectivity index (χ2v) is 6.66. The minimum Gasteiger partial charge on any atom is -0.493 e. The second kappa shape index (κ2) is 9.47. The van der Waals surface area contributed by atoms with Gasteiger partial charge in [-0.15, -0.1) is 12.4 Å². The molecule has 1 aliphatic rings. The lowest BCUT2D eigenvalue weighted by atomic mass is 9.88. The summed E-state index contributed by atoms with van der Waals surface area (Å²) in [6.45, 7) is 3.88. The highest BCUT2D eigenvalue weighted by molar-refractivity contribution is 6.15. The molecule has 2 aromatic carbocycles. The number of hydrogen-bond donors (Lipinski definition) is 1.